The monoisotopic (exact) mass is 291 g/mol. The largest absolute Gasteiger partial charge is 0.478 e. The molecule has 0 bridgehead atoms. The van der Waals surface area contributed by atoms with E-state index < -0.39 is 12.0 Å². The number of urea groups is 1. The molecule has 3 N–H and O–H groups in total. The van der Waals surface area contributed by atoms with Crippen molar-refractivity contribution in [2.45, 2.75) is 0 Å². The van der Waals surface area contributed by atoms with Crippen molar-refractivity contribution >= 4 is 35.1 Å². The van der Waals surface area contributed by atoms with E-state index in [4.69, 9.17) is 16.7 Å². The van der Waals surface area contributed by atoms with Crippen molar-refractivity contribution in [3.05, 3.63) is 53.2 Å². The van der Waals surface area contributed by atoms with Crippen LogP contribution in [0.1, 0.15) is 10.4 Å². The molecule has 2 rings (SSSR count). The van der Waals surface area contributed by atoms with Gasteiger partial charge in [-0.1, -0.05) is 17.7 Å². The van der Waals surface area contributed by atoms with E-state index >= 15 is 0 Å². The smallest absolute Gasteiger partial charge is 0.335 e. The number of rotatable bonds is 3. The summed E-state index contributed by atoms with van der Waals surface area (Å²) in [5, 5.41) is 14.3. The Morgan fingerprint density at radius 2 is 1.95 bits per heavy atom. The number of aromatic carboxylic acids is 1. The molecule has 0 unspecified atom stereocenters. The van der Waals surface area contributed by atoms with Crippen molar-refractivity contribution in [1.29, 1.82) is 0 Å². The molecule has 6 nitrogen and oxygen atoms in total. The fourth-order valence-electron chi connectivity index (χ4n) is 1.48. The molecule has 0 spiro atoms. The Balaban J connectivity index is 2.04. The van der Waals surface area contributed by atoms with E-state index in [9.17, 15) is 9.59 Å². The minimum Gasteiger partial charge on any atom is -0.478 e. The van der Waals surface area contributed by atoms with Crippen LogP contribution in [0.3, 0.4) is 0 Å². The van der Waals surface area contributed by atoms with Crippen molar-refractivity contribution in [2.24, 2.45) is 0 Å². The zero-order valence-corrected chi connectivity index (χ0v) is 10.9. The summed E-state index contributed by atoms with van der Waals surface area (Å²) in [6, 6.07) is 8.70. The van der Waals surface area contributed by atoms with E-state index in [0.29, 0.717) is 10.7 Å². The molecular weight excluding hydrogens is 282 g/mol. The first-order chi connectivity index (χ1) is 9.54. The standard InChI is InChI=1S/C13H10ClN3O3/c14-9-2-1-3-10(7-9)16-13(20)17-11-6-8(12(18)19)4-5-15-11/h1-7H,(H,18,19)(H2,15,16,17,20). The molecule has 1 heterocycles. The zero-order valence-electron chi connectivity index (χ0n) is 10.1. The highest BCUT2D eigenvalue weighted by atomic mass is 35.5. The summed E-state index contributed by atoms with van der Waals surface area (Å²) in [7, 11) is 0. The number of aromatic nitrogens is 1. The van der Waals surface area contributed by atoms with Crippen LogP contribution in [0.4, 0.5) is 16.3 Å². The Hall–Kier alpha value is -2.60. The molecule has 0 fully saturated rings. The molecule has 102 valence electrons. The summed E-state index contributed by atoms with van der Waals surface area (Å²) >= 11 is 5.79. The lowest BCUT2D eigenvalue weighted by Gasteiger charge is -2.07. The van der Waals surface area contributed by atoms with Crippen LogP contribution in [0.25, 0.3) is 0 Å². The van der Waals surface area contributed by atoms with E-state index in [1.54, 1.807) is 24.3 Å². The van der Waals surface area contributed by atoms with E-state index in [2.05, 4.69) is 15.6 Å². The minimum atomic E-state index is -1.09. The van der Waals surface area contributed by atoms with E-state index in [-0.39, 0.29) is 11.4 Å². The van der Waals surface area contributed by atoms with Gasteiger partial charge in [-0.25, -0.2) is 14.6 Å². The van der Waals surface area contributed by atoms with Crippen molar-refractivity contribution in [3.8, 4) is 0 Å². The van der Waals surface area contributed by atoms with Gasteiger partial charge in [-0.3, -0.25) is 5.32 Å². The number of anilines is 2. The third-order valence-electron chi connectivity index (χ3n) is 2.33. The van der Waals surface area contributed by atoms with Gasteiger partial charge in [0.05, 0.1) is 5.56 Å². The van der Waals surface area contributed by atoms with Gasteiger partial charge in [0.15, 0.2) is 0 Å². The Bertz CT molecular complexity index is 661. The third-order valence-corrected chi connectivity index (χ3v) is 2.57. The maximum atomic E-state index is 11.7. The summed E-state index contributed by atoms with van der Waals surface area (Å²) in [5.41, 5.74) is 0.558. The molecule has 2 aromatic rings. The molecule has 2 amide bonds. The molecule has 0 aliphatic carbocycles. The maximum Gasteiger partial charge on any atom is 0.335 e. The Kier molecular flexibility index (Phi) is 4.17. The van der Waals surface area contributed by atoms with Gasteiger partial charge in [0.2, 0.25) is 0 Å². The quantitative estimate of drug-likeness (QED) is 0.810. The molecular formula is C13H10ClN3O3. The van der Waals surface area contributed by atoms with Gasteiger partial charge in [-0.2, -0.15) is 0 Å². The number of carbonyl (C=O) groups excluding carboxylic acids is 1. The number of amides is 2. The van der Waals surface area contributed by atoms with Crippen LogP contribution >= 0.6 is 11.6 Å². The van der Waals surface area contributed by atoms with Crippen LogP contribution in [0.2, 0.25) is 5.02 Å². The molecule has 0 aliphatic rings. The number of pyridine rings is 1. The number of hydrogen-bond donors (Lipinski definition) is 3. The van der Waals surface area contributed by atoms with Crippen LogP contribution in [0.5, 0.6) is 0 Å². The predicted octanol–water partition coefficient (Wildman–Crippen LogP) is 3.08. The van der Waals surface area contributed by atoms with E-state index in [1.165, 1.54) is 18.3 Å². The number of nitrogens with one attached hydrogen (secondary N) is 2. The molecule has 20 heavy (non-hydrogen) atoms. The lowest BCUT2D eigenvalue weighted by molar-refractivity contribution is 0.0696. The van der Waals surface area contributed by atoms with Crippen LogP contribution in [-0.4, -0.2) is 22.1 Å². The number of carboxylic acids is 1. The van der Waals surface area contributed by atoms with Gasteiger partial charge in [0.25, 0.3) is 0 Å². The predicted molar refractivity (Wildman–Crippen MR) is 75.3 cm³/mol. The highest BCUT2D eigenvalue weighted by molar-refractivity contribution is 6.30. The second-order valence-electron chi connectivity index (χ2n) is 3.82. The van der Waals surface area contributed by atoms with Gasteiger partial charge in [0, 0.05) is 16.9 Å². The molecule has 1 aromatic carbocycles. The van der Waals surface area contributed by atoms with Crippen LogP contribution in [-0.2, 0) is 0 Å². The van der Waals surface area contributed by atoms with Crippen molar-refractivity contribution in [1.82, 2.24) is 4.98 Å². The minimum absolute atomic E-state index is 0.0399. The number of carboxylic acid groups (broad SMARTS) is 1. The zero-order chi connectivity index (χ0) is 14.5. The molecule has 7 heteroatoms. The second kappa shape index (κ2) is 6.03. The summed E-state index contributed by atoms with van der Waals surface area (Å²) in [4.78, 5) is 26.4. The molecule has 1 aromatic heterocycles. The summed E-state index contributed by atoms with van der Waals surface area (Å²) in [5.74, 6) is -0.949. The van der Waals surface area contributed by atoms with Crippen molar-refractivity contribution in [3.63, 3.8) is 0 Å². The summed E-state index contributed by atoms with van der Waals surface area (Å²) in [6.45, 7) is 0. The highest BCUT2D eigenvalue weighted by Crippen LogP contribution is 2.15. The summed E-state index contributed by atoms with van der Waals surface area (Å²) < 4.78 is 0. The lowest BCUT2D eigenvalue weighted by Crippen LogP contribution is -2.20. The fourth-order valence-corrected chi connectivity index (χ4v) is 1.67. The first kappa shape index (κ1) is 13.8. The number of halogens is 1. The highest BCUT2D eigenvalue weighted by Gasteiger charge is 2.07. The molecule has 0 saturated heterocycles. The molecule has 0 aliphatic heterocycles. The van der Waals surface area contributed by atoms with E-state index in [0.717, 1.165) is 0 Å². The molecule has 0 saturated carbocycles. The first-order valence-electron chi connectivity index (χ1n) is 5.57. The van der Waals surface area contributed by atoms with Crippen molar-refractivity contribution < 1.29 is 14.7 Å². The van der Waals surface area contributed by atoms with Gasteiger partial charge in [-0.05, 0) is 30.3 Å². The Morgan fingerprint density at radius 3 is 2.65 bits per heavy atom. The second-order valence-corrected chi connectivity index (χ2v) is 4.26. The number of carbonyl (C=O) groups is 2. The number of hydrogen-bond acceptors (Lipinski definition) is 3. The SMILES string of the molecule is O=C(Nc1cccc(Cl)c1)Nc1cc(C(=O)O)ccn1. The van der Waals surface area contributed by atoms with Crippen LogP contribution in [0.15, 0.2) is 42.6 Å². The van der Waals surface area contributed by atoms with Crippen LogP contribution in [0, 0.1) is 0 Å². The average Bonchev–Trinajstić information content (AvgIpc) is 2.38. The average molecular weight is 292 g/mol. The normalized spacial score (nSPS) is 9.85. The van der Waals surface area contributed by atoms with Gasteiger partial charge < -0.3 is 10.4 Å². The topological polar surface area (TPSA) is 91.3 Å². The third kappa shape index (κ3) is 3.69. The Labute approximate surface area is 119 Å². The summed E-state index contributed by atoms with van der Waals surface area (Å²) in [6.07, 6.45) is 1.30. The maximum absolute atomic E-state index is 11.7. The van der Waals surface area contributed by atoms with Gasteiger partial charge in [-0.15, -0.1) is 0 Å². The van der Waals surface area contributed by atoms with Gasteiger partial charge >= 0.3 is 12.0 Å². The van der Waals surface area contributed by atoms with Crippen molar-refractivity contribution in [2.75, 3.05) is 10.6 Å². The number of nitrogens with zero attached hydrogens (tertiary/aromatic N) is 1. The fraction of sp³-hybridized carbons (Fsp3) is 0. The van der Waals surface area contributed by atoms with Gasteiger partial charge in [0.1, 0.15) is 5.82 Å². The molecule has 0 atom stereocenters. The lowest BCUT2D eigenvalue weighted by atomic mass is 10.2. The number of benzene rings is 1. The first-order valence-corrected chi connectivity index (χ1v) is 5.95. The molecule has 0 radical (unpaired) electrons. The van der Waals surface area contributed by atoms with Crippen LogP contribution < -0.4 is 10.6 Å². The van der Waals surface area contributed by atoms with E-state index in [1.807, 2.05) is 0 Å². The Morgan fingerprint density at radius 1 is 1.15 bits per heavy atom.